The molecule has 0 spiro atoms. The second-order valence-electron chi connectivity index (χ2n) is 8.02. The number of nitrogens with one attached hydrogen (secondary N) is 1. The number of nitrogens with zero attached hydrogens (tertiary/aromatic N) is 2. The first kappa shape index (κ1) is 24.5. The van der Waals surface area contributed by atoms with E-state index in [2.05, 4.69) is 10.2 Å². The predicted octanol–water partition coefficient (Wildman–Crippen LogP) is 3.47. The van der Waals surface area contributed by atoms with Gasteiger partial charge >= 0.3 is 0 Å². The van der Waals surface area contributed by atoms with E-state index in [4.69, 9.17) is 16.3 Å². The van der Waals surface area contributed by atoms with Gasteiger partial charge in [-0.2, -0.15) is 4.31 Å². The Balaban J connectivity index is 1.83. The molecule has 0 aromatic heterocycles. The molecule has 1 N–H and O–H groups in total. The molecule has 3 rings (SSSR count). The van der Waals surface area contributed by atoms with Crippen LogP contribution in [0.2, 0.25) is 5.02 Å². The maximum Gasteiger partial charge on any atom is 0.251 e. The molecule has 0 bridgehead atoms. The van der Waals surface area contributed by atoms with Crippen LogP contribution in [-0.2, 0) is 10.0 Å². The van der Waals surface area contributed by atoms with Crippen LogP contribution in [0.25, 0.3) is 0 Å². The Hall–Kier alpha value is -2.13. The molecule has 1 fully saturated rings. The van der Waals surface area contributed by atoms with Gasteiger partial charge in [-0.1, -0.05) is 30.7 Å². The van der Waals surface area contributed by atoms with Crippen LogP contribution in [0.3, 0.4) is 0 Å². The minimum absolute atomic E-state index is 0.0373. The van der Waals surface area contributed by atoms with Crippen LogP contribution >= 0.6 is 11.6 Å². The highest BCUT2D eigenvalue weighted by Crippen LogP contribution is 2.28. The third-order valence-electron chi connectivity index (χ3n) is 5.81. The Kier molecular flexibility index (Phi) is 7.82. The lowest BCUT2D eigenvalue weighted by Crippen LogP contribution is -2.47. The highest BCUT2D eigenvalue weighted by Gasteiger charge is 2.30. The summed E-state index contributed by atoms with van der Waals surface area (Å²) in [5, 5.41) is 3.12. The van der Waals surface area contributed by atoms with Gasteiger partial charge in [0.25, 0.3) is 5.91 Å². The number of carbonyl (C=O) groups is 1. The summed E-state index contributed by atoms with van der Waals surface area (Å²) in [6.45, 7) is 6.01. The van der Waals surface area contributed by atoms with Crippen molar-refractivity contribution in [2.45, 2.75) is 31.2 Å². The summed E-state index contributed by atoms with van der Waals surface area (Å²) in [6.07, 6.45) is 0.678. The molecule has 1 saturated heterocycles. The minimum atomic E-state index is -3.79. The fraction of sp³-hybridized carbons (Fsp3) is 0.435. The number of hydrogen-bond donors (Lipinski definition) is 1. The molecule has 1 atom stereocenters. The van der Waals surface area contributed by atoms with E-state index in [-0.39, 0.29) is 27.4 Å². The van der Waals surface area contributed by atoms with Crippen molar-refractivity contribution in [2.75, 3.05) is 40.3 Å². The number of amides is 1. The van der Waals surface area contributed by atoms with Crippen molar-refractivity contribution >= 4 is 27.5 Å². The summed E-state index contributed by atoms with van der Waals surface area (Å²) >= 11 is 6.25. The molecule has 1 unspecified atom stereocenters. The second kappa shape index (κ2) is 10.2. The van der Waals surface area contributed by atoms with Crippen LogP contribution in [-0.4, -0.2) is 63.9 Å². The minimum Gasteiger partial charge on any atom is -0.496 e. The van der Waals surface area contributed by atoms with Gasteiger partial charge in [-0.05, 0) is 55.8 Å². The molecule has 174 valence electrons. The van der Waals surface area contributed by atoms with Gasteiger partial charge in [0.2, 0.25) is 10.0 Å². The standard InChI is InChI=1S/C23H30ClN3O4S/c1-5-20(17-7-9-21(31-4)16(2)14-17)25-23(28)18-6-8-19(24)22(15-18)32(29,30)27-12-10-26(3)11-13-27/h6-9,14-15,20H,5,10-13H2,1-4H3,(H,25,28). The molecule has 32 heavy (non-hydrogen) atoms. The highest BCUT2D eigenvalue weighted by molar-refractivity contribution is 7.89. The lowest BCUT2D eigenvalue weighted by molar-refractivity contribution is 0.0935. The Labute approximate surface area is 195 Å². The van der Waals surface area contributed by atoms with E-state index in [1.807, 2.05) is 39.1 Å². The van der Waals surface area contributed by atoms with Crippen molar-refractivity contribution in [2.24, 2.45) is 0 Å². The maximum atomic E-state index is 13.2. The van der Waals surface area contributed by atoms with Crippen LogP contribution in [0.4, 0.5) is 0 Å². The largest absolute Gasteiger partial charge is 0.496 e. The molecule has 1 amide bonds. The average Bonchev–Trinajstić information content (AvgIpc) is 2.77. The van der Waals surface area contributed by atoms with Crippen LogP contribution in [0.5, 0.6) is 5.75 Å². The number of sulfonamides is 1. The van der Waals surface area contributed by atoms with E-state index in [0.29, 0.717) is 32.6 Å². The summed E-state index contributed by atoms with van der Waals surface area (Å²) in [5.41, 5.74) is 2.19. The molecule has 1 aliphatic rings. The molecule has 2 aromatic carbocycles. The van der Waals surface area contributed by atoms with E-state index < -0.39 is 10.0 Å². The number of hydrogen-bond acceptors (Lipinski definition) is 5. The molecule has 0 radical (unpaired) electrons. The normalized spacial score (nSPS) is 16.5. The number of aryl methyl sites for hydroxylation is 1. The maximum absolute atomic E-state index is 13.2. The fourth-order valence-electron chi connectivity index (χ4n) is 3.79. The SMILES string of the molecule is CCC(NC(=O)c1ccc(Cl)c(S(=O)(=O)N2CCN(C)CC2)c1)c1ccc(OC)c(C)c1. The summed E-state index contributed by atoms with van der Waals surface area (Å²) in [4.78, 5) is 15.0. The first-order chi connectivity index (χ1) is 15.2. The van der Waals surface area contributed by atoms with Gasteiger partial charge in [0.05, 0.1) is 18.2 Å². The Bertz CT molecular complexity index is 1080. The average molecular weight is 480 g/mol. The topological polar surface area (TPSA) is 79.0 Å². The summed E-state index contributed by atoms with van der Waals surface area (Å²) < 4.78 is 33.1. The number of methoxy groups -OCH3 is 1. The van der Waals surface area contributed by atoms with Crippen molar-refractivity contribution in [1.82, 2.24) is 14.5 Å². The van der Waals surface area contributed by atoms with Crippen LogP contribution in [0.15, 0.2) is 41.3 Å². The first-order valence-corrected chi connectivity index (χ1v) is 12.4. The smallest absolute Gasteiger partial charge is 0.251 e. The molecule has 1 heterocycles. The zero-order valence-corrected chi connectivity index (χ0v) is 20.5. The van der Waals surface area contributed by atoms with Crippen molar-refractivity contribution in [3.63, 3.8) is 0 Å². The van der Waals surface area contributed by atoms with Gasteiger partial charge in [-0.15, -0.1) is 0 Å². The number of carbonyl (C=O) groups excluding carboxylic acids is 1. The molecular weight excluding hydrogens is 450 g/mol. The van der Waals surface area contributed by atoms with E-state index >= 15 is 0 Å². The van der Waals surface area contributed by atoms with Crippen LogP contribution in [0, 0.1) is 6.92 Å². The van der Waals surface area contributed by atoms with Crippen LogP contribution < -0.4 is 10.1 Å². The number of halogens is 1. The molecule has 0 saturated carbocycles. The first-order valence-electron chi connectivity index (χ1n) is 10.6. The third kappa shape index (κ3) is 5.26. The number of piperazine rings is 1. The second-order valence-corrected chi connectivity index (χ2v) is 10.3. The number of benzene rings is 2. The van der Waals surface area contributed by atoms with Crippen molar-refractivity contribution in [3.05, 3.63) is 58.1 Å². The zero-order chi connectivity index (χ0) is 23.5. The Morgan fingerprint density at radius 1 is 1.16 bits per heavy atom. The molecule has 0 aliphatic carbocycles. The van der Waals surface area contributed by atoms with E-state index in [9.17, 15) is 13.2 Å². The van der Waals surface area contributed by atoms with Gasteiger partial charge in [0, 0.05) is 31.7 Å². The number of likely N-dealkylation sites (N-methyl/N-ethyl adjacent to an activating group) is 1. The van der Waals surface area contributed by atoms with Gasteiger partial charge in [0.15, 0.2) is 0 Å². The lowest BCUT2D eigenvalue weighted by Gasteiger charge is -2.31. The van der Waals surface area contributed by atoms with Gasteiger partial charge in [0.1, 0.15) is 10.6 Å². The molecular formula is C23H30ClN3O4S. The third-order valence-corrected chi connectivity index (χ3v) is 8.19. The van der Waals surface area contributed by atoms with Crippen LogP contribution in [0.1, 0.15) is 40.9 Å². The lowest BCUT2D eigenvalue weighted by atomic mass is 10.0. The Morgan fingerprint density at radius 2 is 1.84 bits per heavy atom. The van der Waals surface area contributed by atoms with E-state index in [0.717, 1.165) is 16.9 Å². The Morgan fingerprint density at radius 3 is 2.44 bits per heavy atom. The quantitative estimate of drug-likeness (QED) is 0.657. The molecule has 2 aromatic rings. The number of rotatable bonds is 7. The van der Waals surface area contributed by atoms with Gasteiger partial charge in [-0.3, -0.25) is 4.79 Å². The van der Waals surface area contributed by atoms with E-state index in [1.165, 1.54) is 16.4 Å². The predicted molar refractivity (Wildman–Crippen MR) is 126 cm³/mol. The van der Waals surface area contributed by atoms with E-state index in [1.54, 1.807) is 13.2 Å². The highest BCUT2D eigenvalue weighted by atomic mass is 35.5. The summed E-state index contributed by atoms with van der Waals surface area (Å²) in [5.74, 6) is 0.434. The zero-order valence-electron chi connectivity index (χ0n) is 18.9. The van der Waals surface area contributed by atoms with Crippen molar-refractivity contribution in [3.8, 4) is 5.75 Å². The summed E-state index contributed by atoms with van der Waals surface area (Å²) in [7, 11) is -0.216. The molecule has 9 heteroatoms. The summed E-state index contributed by atoms with van der Waals surface area (Å²) in [6, 6.07) is 9.95. The van der Waals surface area contributed by atoms with Gasteiger partial charge in [-0.25, -0.2) is 8.42 Å². The molecule has 7 nitrogen and oxygen atoms in total. The monoisotopic (exact) mass is 479 g/mol. The van der Waals surface area contributed by atoms with Crippen molar-refractivity contribution < 1.29 is 17.9 Å². The number of ether oxygens (including phenoxy) is 1. The van der Waals surface area contributed by atoms with Gasteiger partial charge < -0.3 is 15.0 Å². The molecule has 1 aliphatic heterocycles. The fourth-order valence-corrected chi connectivity index (χ4v) is 5.71. The van der Waals surface area contributed by atoms with Crippen molar-refractivity contribution in [1.29, 1.82) is 0 Å².